The van der Waals surface area contributed by atoms with Crippen LogP contribution in [0.3, 0.4) is 0 Å². The van der Waals surface area contributed by atoms with Gasteiger partial charge in [0.05, 0.1) is 33.4 Å². The van der Waals surface area contributed by atoms with Gasteiger partial charge in [-0.2, -0.15) is 0 Å². The molecule has 2 heterocycles. The van der Waals surface area contributed by atoms with Crippen molar-refractivity contribution < 1.29 is 0 Å². The number of hydrogen-bond acceptors (Lipinski definition) is 2. The van der Waals surface area contributed by atoms with Crippen molar-refractivity contribution in [1.29, 1.82) is 0 Å². The van der Waals surface area contributed by atoms with Gasteiger partial charge in [-0.3, -0.25) is 0 Å². The summed E-state index contributed by atoms with van der Waals surface area (Å²) in [5.74, 6) is 0. The second-order valence-corrected chi connectivity index (χ2v) is 29.9. The second-order valence-electron chi connectivity index (χ2n) is 29.9. The van der Waals surface area contributed by atoms with E-state index in [1.54, 1.807) is 0 Å². The minimum Gasteiger partial charge on any atom is -0.311 e. The van der Waals surface area contributed by atoms with E-state index in [9.17, 15) is 0 Å². The predicted molar refractivity (Wildman–Crippen MR) is 491 cm³/mol. The number of benzene rings is 19. The molecule has 0 saturated heterocycles. The first-order valence-electron chi connectivity index (χ1n) is 39.8. The van der Waals surface area contributed by atoms with Gasteiger partial charge in [-0.1, -0.05) is 334 Å². The highest BCUT2D eigenvalue weighted by Gasteiger charge is 2.23. The quantitative estimate of drug-likeness (QED) is 0.0903. The van der Waals surface area contributed by atoms with Gasteiger partial charge in [-0.05, 0) is 227 Å². The van der Waals surface area contributed by atoms with E-state index in [1.807, 2.05) is 0 Å². The molecule has 0 fully saturated rings. The first-order valence-corrected chi connectivity index (χ1v) is 39.8. The zero-order chi connectivity index (χ0) is 76.8. The molecule has 0 amide bonds. The van der Waals surface area contributed by atoms with Crippen molar-refractivity contribution in [2.75, 3.05) is 9.80 Å². The van der Waals surface area contributed by atoms with Crippen LogP contribution in [0.15, 0.2) is 461 Å². The number of nitrogens with zero attached hydrogens (tertiary/aromatic N) is 4. The molecule has 0 radical (unpaired) electrons. The van der Waals surface area contributed by atoms with Gasteiger partial charge in [-0.25, -0.2) is 0 Å². The van der Waals surface area contributed by atoms with Gasteiger partial charge in [0.25, 0.3) is 0 Å². The molecule has 19 aromatic carbocycles. The van der Waals surface area contributed by atoms with E-state index in [0.717, 1.165) is 112 Å². The summed E-state index contributed by atoms with van der Waals surface area (Å²) in [4.78, 5) is 4.72. The molecule has 21 rings (SSSR count). The lowest BCUT2D eigenvalue weighted by atomic mass is 9.90. The van der Waals surface area contributed by atoms with Crippen LogP contribution in [0, 0.1) is 0 Å². The molecular formula is C112H76N4. The molecule has 0 aliphatic carbocycles. The Labute approximate surface area is 675 Å². The van der Waals surface area contributed by atoms with Gasteiger partial charge in [0.2, 0.25) is 0 Å². The van der Waals surface area contributed by atoms with Crippen LogP contribution in [0.4, 0.5) is 34.1 Å². The molecule has 2 aromatic heterocycles. The SMILES string of the molecule is c1ccc(-c2cc(-c3ccccc3)cc(N(c3ccccc3)c3ccc(-c4ccc(-c5cc(-c6cccc(-c7ccc(-c8ccc(N(c9ccccc9)c9ccc(-c%10ccc(-c%11ccccc%11-n%11c%12ccccc%12c%12ccccc%12%11)cc%10)cc9)cc8)c8ccccc78)c6)ccc5-n5c6ccccc6c6ccccc65)cc4)cc3)c2)cc1. The molecule has 116 heavy (non-hydrogen) atoms. The average Bonchev–Trinajstić information content (AvgIpc) is 1.59. The topological polar surface area (TPSA) is 16.3 Å². The van der Waals surface area contributed by atoms with E-state index in [4.69, 9.17) is 0 Å². The smallest absolute Gasteiger partial charge is 0.0541 e. The molecule has 0 aliphatic heterocycles. The Kier molecular flexibility index (Phi) is 17.6. The van der Waals surface area contributed by atoms with Gasteiger partial charge in [0, 0.05) is 66.8 Å². The molecule has 0 unspecified atom stereocenters. The Morgan fingerprint density at radius 2 is 0.405 bits per heavy atom. The van der Waals surface area contributed by atoms with E-state index in [-0.39, 0.29) is 0 Å². The lowest BCUT2D eigenvalue weighted by molar-refractivity contribution is 1.18. The van der Waals surface area contributed by atoms with Crippen LogP contribution in [0.2, 0.25) is 0 Å². The molecule has 21 aromatic rings. The van der Waals surface area contributed by atoms with E-state index in [0.29, 0.717) is 0 Å². The zero-order valence-electron chi connectivity index (χ0n) is 63.7. The fourth-order valence-corrected chi connectivity index (χ4v) is 17.6. The lowest BCUT2D eigenvalue weighted by Crippen LogP contribution is -2.10. The van der Waals surface area contributed by atoms with Crippen LogP contribution in [0.1, 0.15) is 0 Å². The van der Waals surface area contributed by atoms with E-state index < -0.39 is 0 Å². The van der Waals surface area contributed by atoms with Crippen molar-refractivity contribution >= 4 is 88.5 Å². The van der Waals surface area contributed by atoms with Crippen LogP contribution in [0.25, 0.3) is 166 Å². The Morgan fingerprint density at radius 3 is 0.862 bits per heavy atom. The maximum atomic E-state index is 2.46. The first-order chi connectivity index (χ1) is 57.5. The minimum atomic E-state index is 1.07. The highest BCUT2D eigenvalue weighted by atomic mass is 15.1. The lowest BCUT2D eigenvalue weighted by Gasteiger charge is -2.27. The Morgan fingerprint density at radius 1 is 0.129 bits per heavy atom. The summed E-state index contributed by atoms with van der Waals surface area (Å²) < 4.78 is 4.87. The van der Waals surface area contributed by atoms with Gasteiger partial charge in [0.15, 0.2) is 0 Å². The van der Waals surface area contributed by atoms with Crippen LogP contribution in [-0.2, 0) is 0 Å². The van der Waals surface area contributed by atoms with Gasteiger partial charge < -0.3 is 18.9 Å². The summed E-state index contributed by atoms with van der Waals surface area (Å²) >= 11 is 0. The molecule has 0 N–H and O–H groups in total. The van der Waals surface area contributed by atoms with Crippen molar-refractivity contribution in [3.63, 3.8) is 0 Å². The molecular weight excluding hydrogens is 1400 g/mol. The van der Waals surface area contributed by atoms with Crippen LogP contribution < -0.4 is 9.80 Å². The Balaban J connectivity index is 0.579. The van der Waals surface area contributed by atoms with Gasteiger partial charge in [-0.15, -0.1) is 0 Å². The van der Waals surface area contributed by atoms with Crippen molar-refractivity contribution in [1.82, 2.24) is 9.13 Å². The van der Waals surface area contributed by atoms with Crippen molar-refractivity contribution in [2.45, 2.75) is 0 Å². The fourth-order valence-electron chi connectivity index (χ4n) is 17.6. The molecule has 544 valence electrons. The van der Waals surface area contributed by atoms with Crippen molar-refractivity contribution in [3.05, 3.63) is 461 Å². The minimum absolute atomic E-state index is 1.07. The van der Waals surface area contributed by atoms with Crippen LogP contribution in [-0.4, -0.2) is 9.13 Å². The Hall–Kier alpha value is -15.4. The van der Waals surface area contributed by atoms with E-state index >= 15 is 0 Å². The highest BCUT2D eigenvalue weighted by Crippen LogP contribution is 2.46. The standard InChI is InChI=1S/C112H76N4/c1-5-26-77(27-6-1)89-73-90(78-28-7-2-8-29-78)75-96(74-89)114(92-34-11-4-12-35-92)95-65-58-82(59-66-95)80-50-54-85(55-51-80)106-76-87(62-71-112(106)116-110-46-23-18-41-104(110)105-42-19-24-47-111(105)116)86-30-25-31-88(72-86)98-70-69-97(100-37-13-14-38-101(98)100)83-60-67-94(68-61-83)113(91-32-9-3-10-33-91)93-63-56-81(57-64-93)79-48-52-84(53-49-79)99-36-15-20-43-107(99)115-108-44-21-16-39-102(108)103-40-17-22-45-109(103)115/h1-76H. The normalized spacial score (nSPS) is 11.4. The molecule has 0 aliphatic rings. The number of hydrogen-bond donors (Lipinski definition) is 0. The average molecular weight is 1480 g/mol. The summed E-state index contributed by atoms with van der Waals surface area (Å²) in [6, 6.07) is 169. The van der Waals surface area contributed by atoms with Crippen molar-refractivity contribution in [2.24, 2.45) is 0 Å². The van der Waals surface area contributed by atoms with Crippen LogP contribution >= 0.6 is 0 Å². The maximum Gasteiger partial charge on any atom is 0.0541 e. The van der Waals surface area contributed by atoms with Crippen LogP contribution in [0.5, 0.6) is 0 Å². The highest BCUT2D eigenvalue weighted by molar-refractivity contribution is 6.12. The third kappa shape index (κ3) is 12.7. The third-order valence-electron chi connectivity index (χ3n) is 23.1. The number of fused-ring (bicyclic) bond motifs is 7. The first kappa shape index (κ1) is 68.7. The number of para-hydroxylation sites is 7. The fraction of sp³-hybridized carbons (Fsp3) is 0. The molecule has 4 nitrogen and oxygen atoms in total. The largest absolute Gasteiger partial charge is 0.311 e. The molecule has 0 spiro atoms. The predicted octanol–water partition coefficient (Wildman–Crippen LogP) is 31.0. The molecule has 4 heteroatoms. The zero-order valence-corrected chi connectivity index (χ0v) is 63.7. The summed E-state index contributed by atoms with van der Waals surface area (Å²) in [7, 11) is 0. The van der Waals surface area contributed by atoms with Crippen molar-refractivity contribution in [3.8, 4) is 112 Å². The number of anilines is 6. The summed E-state index contributed by atoms with van der Waals surface area (Å²) in [6.07, 6.45) is 0. The second kappa shape index (κ2) is 29.7. The van der Waals surface area contributed by atoms with E-state index in [1.165, 1.54) is 87.8 Å². The monoisotopic (exact) mass is 1480 g/mol. The molecule has 0 bridgehead atoms. The number of rotatable bonds is 17. The summed E-state index contributed by atoms with van der Waals surface area (Å²) in [5, 5.41) is 7.38. The third-order valence-corrected chi connectivity index (χ3v) is 23.1. The Bertz CT molecular complexity index is 7030. The number of aromatic nitrogens is 2. The molecule has 0 saturated carbocycles. The summed E-state index contributed by atoms with van der Waals surface area (Å²) in [6.45, 7) is 0. The van der Waals surface area contributed by atoms with E-state index in [2.05, 4.69) is 480 Å². The summed E-state index contributed by atoms with van der Waals surface area (Å²) in [5.41, 5.74) is 34.4. The van der Waals surface area contributed by atoms with Gasteiger partial charge >= 0.3 is 0 Å². The van der Waals surface area contributed by atoms with Gasteiger partial charge in [0.1, 0.15) is 0 Å². The molecule has 0 atom stereocenters. The maximum absolute atomic E-state index is 2.46.